The molecule has 1 aromatic heterocycles. The van der Waals surface area contributed by atoms with Crippen molar-refractivity contribution < 1.29 is 0 Å². The predicted molar refractivity (Wildman–Crippen MR) is 75.3 cm³/mol. The van der Waals surface area contributed by atoms with Crippen LogP contribution in [0.1, 0.15) is 0 Å². The van der Waals surface area contributed by atoms with Crippen molar-refractivity contribution in [3.63, 3.8) is 0 Å². The fraction of sp³-hybridized carbons (Fsp3) is 0.429. The number of nitrogens with one attached hydrogen (secondary N) is 1. The Balaban J connectivity index is 1.81. The number of piperazine rings is 1. The van der Waals surface area contributed by atoms with Crippen LogP contribution in [-0.2, 0) is 6.54 Å². The highest BCUT2D eigenvalue weighted by Crippen LogP contribution is 2.07. The van der Waals surface area contributed by atoms with Gasteiger partial charge in [-0.3, -0.25) is 14.4 Å². The minimum atomic E-state index is -0.00553. The molecule has 0 amide bonds. The molecular weight excluding hydrogens is 240 g/mol. The lowest BCUT2D eigenvalue weighted by molar-refractivity contribution is 0.230. The largest absolute Gasteiger partial charge is 0.314 e. The topological polar surface area (TPSA) is 50.2 Å². The molecule has 1 aromatic carbocycles. The molecule has 1 aliphatic heterocycles. The molecule has 0 saturated carbocycles. The van der Waals surface area contributed by atoms with E-state index in [0.29, 0.717) is 0 Å². The highest BCUT2D eigenvalue weighted by atomic mass is 16.1. The van der Waals surface area contributed by atoms with Gasteiger partial charge in [-0.1, -0.05) is 12.1 Å². The zero-order chi connectivity index (χ0) is 13.1. The van der Waals surface area contributed by atoms with Crippen LogP contribution in [0.5, 0.6) is 0 Å². The van der Waals surface area contributed by atoms with E-state index >= 15 is 0 Å². The molecule has 5 heteroatoms. The number of hydrogen-bond donors (Lipinski definition) is 1. The van der Waals surface area contributed by atoms with Gasteiger partial charge in [-0.2, -0.15) is 5.10 Å². The molecule has 5 nitrogen and oxygen atoms in total. The first-order valence-electron chi connectivity index (χ1n) is 6.72. The molecule has 0 unspecified atom stereocenters. The Morgan fingerprint density at radius 1 is 1.16 bits per heavy atom. The first-order valence-corrected chi connectivity index (χ1v) is 6.72. The Morgan fingerprint density at radius 2 is 1.95 bits per heavy atom. The number of para-hydroxylation sites is 1. The number of fused-ring (bicyclic) bond motifs is 1. The van der Waals surface area contributed by atoms with Crippen LogP contribution in [0.3, 0.4) is 0 Å². The van der Waals surface area contributed by atoms with Crippen molar-refractivity contribution in [2.24, 2.45) is 0 Å². The van der Waals surface area contributed by atoms with Crippen molar-refractivity contribution in [2.75, 3.05) is 32.7 Å². The third-order valence-corrected chi connectivity index (χ3v) is 3.60. The lowest BCUT2D eigenvalue weighted by atomic mass is 10.2. The van der Waals surface area contributed by atoms with E-state index in [2.05, 4.69) is 15.3 Å². The second kappa shape index (κ2) is 5.50. The molecular formula is C14H18N4O. The molecule has 0 atom stereocenters. The Kier molecular flexibility index (Phi) is 3.57. The average molecular weight is 258 g/mol. The highest BCUT2D eigenvalue weighted by Gasteiger charge is 2.10. The molecule has 100 valence electrons. The van der Waals surface area contributed by atoms with Gasteiger partial charge in [0, 0.05) is 38.1 Å². The van der Waals surface area contributed by atoms with E-state index < -0.39 is 0 Å². The maximum atomic E-state index is 11.7. The van der Waals surface area contributed by atoms with Gasteiger partial charge in [0.2, 0.25) is 5.43 Å². The van der Waals surface area contributed by atoms with Crippen LogP contribution in [0, 0.1) is 0 Å². The maximum Gasteiger partial charge on any atom is 0.207 e. The van der Waals surface area contributed by atoms with E-state index in [9.17, 15) is 4.79 Å². The standard InChI is InChI=1S/C14H18N4O/c19-14-11-16-18(13-4-2-1-3-12(13)14)10-9-17-7-5-15-6-8-17/h1-4,11,15H,5-10H2. The Labute approximate surface area is 111 Å². The number of hydrogen-bond acceptors (Lipinski definition) is 4. The molecule has 2 aromatic rings. The lowest BCUT2D eigenvalue weighted by Crippen LogP contribution is -2.44. The van der Waals surface area contributed by atoms with Gasteiger partial charge in [0.05, 0.1) is 18.3 Å². The van der Waals surface area contributed by atoms with E-state index in [4.69, 9.17) is 0 Å². The number of aromatic nitrogens is 2. The van der Waals surface area contributed by atoms with Crippen LogP contribution in [0.2, 0.25) is 0 Å². The second-order valence-corrected chi connectivity index (χ2v) is 4.84. The molecule has 1 fully saturated rings. The van der Waals surface area contributed by atoms with Gasteiger partial charge in [0.25, 0.3) is 0 Å². The molecule has 1 aliphatic rings. The van der Waals surface area contributed by atoms with E-state index in [1.165, 1.54) is 6.20 Å². The molecule has 0 spiro atoms. The number of nitrogens with zero attached hydrogens (tertiary/aromatic N) is 3. The summed E-state index contributed by atoms with van der Waals surface area (Å²) >= 11 is 0. The van der Waals surface area contributed by atoms with Crippen molar-refractivity contribution in [3.8, 4) is 0 Å². The average Bonchev–Trinajstić information content (AvgIpc) is 2.48. The summed E-state index contributed by atoms with van der Waals surface area (Å²) in [7, 11) is 0. The number of rotatable bonds is 3. The Morgan fingerprint density at radius 3 is 2.79 bits per heavy atom. The van der Waals surface area contributed by atoms with Crippen LogP contribution in [0.25, 0.3) is 10.9 Å². The lowest BCUT2D eigenvalue weighted by Gasteiger charge is -2.27. The van der Waals surface area contributed by atoms with Gasteiger partial charge in [-0.05, 0) is 12.1 Å². The van der Waals surface area contributed by atoms with Crippen molar-refractivity contribution in [1.29, 1.82) is 0 Å². The molecule has 0 aliphatic carbocycles. The van der Waals surface area contributed by atoms with Gasteiger partial charge in [0.1, 0.15) is 0 Å². The summed E-state index contributed by atoms with van der Waals surface area (Å²) in [5.74, 6) is 0. The van der Waals surface area contributed by atoms with Crippen LogP contribution in [0.4, 0.5) is 0 Å². The first kappa shape index (κ1) is 12.3. The second-order valence-electron chi connectivity index (χ2n) is 4.84. The van der Waals surface area contributed by atoms with Crippen molar-refractivity contribution in [1.82, 2.24) is 20.0 Å². The van der Waals surface area contributed by atoms with Crippen molar-refractivity contribution in [2.45, 2.75) is 6.54 Å². The smallest absolute Gasteiger partial charge is 0.207 e. The molecule has 19 heavy (non-hydrogen) atoms. The minimum Gasteiger partial charge on any atom is -0.314 e. The van der Waals surface area contributed by atoms with Crippen molar-refractivity contribution >= 4 is 10.9 Å². The minimum absolute atomic E-state index is 0.00553. The van der Waals surface area contributed by atoms with Gasteiger partial charge in [-0.25, -0.2) is 0 Å². The van der Waals surface area contributed by atoms with Crippen LogP contribution >= 0.6 is 0 Å². The SMILES string of the molecule is O=c1cnn(CCN2CCNCC2)c2ccccc12. The van der Waals surface area contributed by atoms with E-state index in [1.807, 2.05) is 28.9 Å². The zero-order valence-electron chi connectivity index (χ0n) is 10.9. The summed E-state index contributed by atoms with van der Waals surface area (Å²) in [6.45, 7) is 6.06. The molecule has 2 heterocycles. The number of benzene rings is 1. The monoisotopic (exact) mass is 258 g/mol. The molecule has 0 radical (unpaired) electrons. The summed E-state index contributed by atoms with van der Waals surface area (Å²) in [4.78, 5) is 14.2. The van der Waals surface area contributed by atoms with Crippen LogP contribution in [-0.4, -0.2) is 47.4 Å². The Hall–Kier alpha value is -1.72. The molecule has 0 bridgehead atoms. The van der Waals surface area contributed by atoms with Crippen molar-refractivity contribution in [3.05, 3.63) is 40.7 Å². The summed E-state index contributed by atoms with van der Waals surface area (Å²) in [5, 5.41) is 8.35. The summed E-state index contributed by atoms with van der Waals surface area (Å²) in [6.07, 6.45) is 1.42. The van der Waals surface area contributed by atoms with E-state index in [1.54, 1.807) is 0 Å². The fourth-order valence-electron chi connectivity index (χ4n) is 2.51. The normalized spacial score (nSPS) is 16.8. The highest BCUT2D eigenvalue weighted by molar-refractivity contribution is 5.77. The van der Waals surface area contributed by atoms with Crippen LogP contribution in [0.15, 0.2) is 35.3 Å². The summed E-state index contributed by atoms with van der Waals surface area (Å²) < 4.78 is 1.93. The maximum absolute atomic E-state index is 11.7. The third-order valence-electron chi connectivity index (χ3n) is 3.60. The Bertz CT molecular complexity index is 616. The molecule has 3 rings (SSSR count). The molecule has 1 N–H and O–H groups in total. The van der Waals surface area contributed by atoms with Crippen LogP contribution < -0.4 is 10.7 Å². The quantitative estimate of drug-likeness (QED) is 0.860. The van der Waals surface area contributed by atoms with Gasteiger partial charge < -0.3 is 5.32 Å². The van der Waals surface area contributed by atoms with Gasteiger partial charge >= 0.3 is 0 Å². The van der Waals surface area contributed by atoms with E-state index in [-0.39, 0.29) is 5.43 Å². The third kappa shape index (κ3) is 2.67. The fourth-order valence-corrected chi connectivity index (χ4v) is 2.51. The van der Waals surface area contributed by atoms with Gasteiger partial charge in [0.15, 0.2) is 0 Å². The predicted octanol–water partition coefficient (Wildman–Crippen LogP) is 0.302. The first-order chi connectivity index (χ1) is 9.34. The molecule has 1 saturated heterocycles. The summed E-state index contributed by atoms with van der Waals surface area (Å²) in [5.41, 5.74) is 0.916. The summed E-state index contributed by atoms with van der Waals surface area (Å²) in [6, 6.07) is 7.66. The zero-order valence-corrected chi connectivity index (χ0v) is 10.9. The van der Waals surface area contributed by atoms with E-state index in [0.717, 1.165) is 50.2 Å². The van der Waals surface area contributed by atoms with Gasteiger partial charge in [-0.15, -0.1) is 0 Å².